The summed E-state index contributed by atoms with van der Waals surface area (Å²) < 4.78 is 0. The number of aromatic nitrogens is 1. The van der Waals surface area contributed by atoms with Gasteiger partial charge in [-0.2, -0.15) is 0 Å². The zero-order valence-corrected chi connectivity index (χ0v) is 13.7. The average Bonchev–Trinajstić information content (AvgIpc) is 2.58. The molecule has 0 spiro atoms. The Balaban J connectivity index is 1.61. The molecule has 0 saturated carbocycles. The molecule has 1 aromatic carbocycles. The topological polar surface area (TPSA) is 45.2 Å². The Morgan fingerprint density at radius 1 is 1.13 bits per heavy atom. The minimum Gasteiger partial charge on any atom is -0.322 e. The van der Waals surface area contributed by atoms with Crippen molar-refractivity contribution in [2.75, 3.05) is 18.4 Å². The van der Waals surface area contributed by atoms with Crippen LogP contribution >= 0.6 is 11.6 Å². The van der Waals surface area contributed by atoms with Crippen molar-refractivity contribution >= 4 is 23.2 Å². The Morgan fingerprint density at radius 3 is 2.57 bits per heavy atom. The Bertz CT molecular complexity index is 666. The molecule has 1 aromatic heterocycles. The monoisotopic (exact) mass is 329 g/mol. The van der Waals surface area contributed by atoms with E-state index in [2.05, 4.69) is 27.3 Å². The first-order chi connectivity index (χ1) is 11.2. The molecule has 0 bridgehead atoms. The lowest BCUT2D eigenvalue weighted by Crippen LogP contribution is -2.29. The summed E-state index contributed by atoms with van der Waals surface area (Å²) in [5.41, 5.74) is 2.41. The van der Waals surface area contributed by atoms with Crippen molar-refractivity contribution in [1.82, 2.24) is 9.88 Å². The van der Waals surface area contributed by atoms with Crippen LogP contribution in [0.15, 0.2) is 42.6 Å². The van der Waals surface area contributed by atoms with Crippen molar-refractivity contribution in [3.63, 3.8) is 0 Å². The van der Waals surface area contributed by atoms with Gasteiger partial charge in [0, 0.05) is 18.4 Å². The van der Waals surface area contributed by atoms with Gasteiger partial charge in [0.2, 0.25) is 0 Å². The number of amides is 1. The SMILES string of the molecule is O=C(Nc1ccc(CN2CCCCC2)cc1)c1cccnc1Cl. The largest absolute Gasteiger partial charge is 0.322 e. The third-order valence-electron chi connectivity index (χ3n) is 4.07. The number of carbonyl (C=O) groups is 1. The van der Waals surface area contributed by atoms with E-state index in [0.717, 1.165) is 12.2 Å². The van der Waals surface area contributed by atoms with Gasteiger partial charge in [-0.15, -0.1) is 0 Å². The van der Waals surface area contributed by atoms with Gasteiger partial charge in [0.1, 0.15) is 5.15 Å². The molecule has 3 rings (SSSR count). The van der Waals surface area contributed by atoms with Crippen LogP contribution in [0.2, 0.25) is 5.15 Å². The molecule has 0 aliphatic carbocycles. The van der Waals surface area contributed by atoms with E-state index in [0.29, 0.717) is 5.56 Å². The molecule has 1 fully saturated rings. The molecule has 0 atom stereocenters. The van der Waals surface area contributed by atoms with Crippen molar-refractivity contribution in [2.45, 2.75) is 25.8 Å². The van der Waals surface area contributed by atoms with E-state index < -0.39 is 0 Å². The molecule has 0 unspecified atom stereocenters. The minimum absolute atomic E-state index is 0.215. The Morgan fingerprint density at radius 2 is 1.87 bits per heavy atom. The van der Waals surface area contributed by atoms with Crippen LogP contribution in [-0.4, -0.2) is 28.9 Å². The molecular weight excluding hydrogens is 310 g/mol. The molecule has 1 aliphatic heterocycles. The minimum atomic E-state index is -0.244. The fourth-order valence-electron chi connectivity index (χ4n) is 2.82. The van der Waals surface area contributed by atoms with Crippen molar-refractivity contribution in [2.24, 2.45) is 0 Å². The number of rotatable bonds is 4. The number of pyridine rings is 1. The van der Waals surface area contributed by atoms with E-state index in [1.165, 1.54) is 37.9 Å². The van der Waals surface area contributed by atoms with Crippen LogP contribution in [0, 0.1) is 0 Å². The Labute approximate surface area is 141 Å². The van der Waals surface area contributed by atoms with E-state index in [1.54, 1.807) is 18.3 Å². The maximum Gasteiger partial charge on any atom is 0.258 e. The van der Waals surface area contributed by atoms with Crippen LogP contribution in [-0.2, 0) is 6.54 Å². The van der Waals surface area contributed by atoms with Gasteiger partial charge < -0.3 is 5.32 Å². The highest BCUT2D eigenvalue weighted by molar-refractivity contribution is 6.33. The van der Waals surface area contributed by atoms with Crippen LogP contribution in [0.4, 0.5) is 5.69 Å². The van der Waals surface area contributed by atoms with Crippen LogP contribution in [0.5, 0.6) is 0 Å². The molecule has 1 saturated heterocycles. The van der Waals surface area contributed by atoms with Gasteiger partial charge in [-0.3, -0.25) is 9.69 Å². The van der Waals surface area contributed by atoms with Crippen LogP contribution in [0.1, 0.15) is 35.2 Å². The van der Waals surface area contributed by atoms with Gasteiger partial charge in [0.15, 0.2) is 0 Å². The number of hydrogen-bond donors (Lipinski definition) is 1. The number of piperidine rings is 1. The van der Waals surface area contributed by atoms with E-state index in [1.807, 2.05) is 12.1 Å². The van der Waals surface area contributed by atoms with Crippen molar-refractivity contribution < 1.29 is 4.79 Å². The lowest BCUT2D eigenvalue weighted by molar-refractivity contribution is 0.102. The van der Waals surface area contributed by atoms with Crippen molar-refractivity contribution in [3.05, 3.63) is 58.9 Å². The quantitative estimate of drug-likeness (QED) is 0.863. The van der Waals surface area contributed by atoms with Gasteiger partial charge in [-0.1, -0.05) is 30.2 Å². The molecule has 1 amide bonds. The number of benzene rings is 1. The average molecular weight is 330 g/mol. The molecule has 2 aromatic rings. The first kappa shape index (κ1) is 16.0. The highest BCUT2D eigenvalue weighted by atomic mass is 35.5. The predicted molar refractivity (Wildman–Crippen MR) is 92.8 cm³/mol. The number of likely N-dealkylation sites (tertiary alicyclic amines) is 1. The molecule has 23 heavy (non-hydrogen) atoms. The van der Waals surface area contributed by atoms with Crippen molar-refractivity contribution in [3.8, 4) is 0 Å². The Hall–Kier alpha value is -1.91. The molecule has 0 radical (unpaired) electrons. The first-order valence-electron chi connectivity index (χ1n) is 7.95. The van der Waals surface area contributed by atoms with E-state index in [4.69, 9.17) is 11.6 Å². The van der Waals surface area contributed by atoms with E-state index >= 15 is 0 Å². The second kappa shape index (κ2) is 7.57. The van der Waals surface area contributed by atoms with Crippen molar-refractivity contribution in [1.29, 1.82) is 0 Å². The van der Waals surface area contributed by atoms with Crippen LogP contribution in [0.25, 0.3) is 0 Å². The smallest absolute Gasteiger partial charge is 0.258 e. The third kappa shape index (κ3) is 4.30. The zero-order chi connectivity index (χ0) is 16.1. The molecule has 4 nitrogen and oxygen atoms in total. The van der Waals surface area contributed by atoms with Gasteiger partial charge in [-0.05, 0) is 55.8 Å². The highest BCUT2D eigenvalue weighted by Gasteiger charge is 2.12. The maximum atomic E-state index is 12.2. The van der Waals surface area contributed by atoms with E-state index in [9.17, 15) is 4.79 Å². The fourth-order valence-corrected chi connectivity index (χ4v) is 3.03. The zero-order valence-electron chi connectivity index (χ0n) is 13.0. The third-order valence-corrected chi connectivity index (χ3v) is 4.37. The van der Waals surface area contributed by atoms with E-state index in [-0.39, 0.29) is 11.1 Å². The summed E-state index contributed by atoms with van der Waals surface area (Å²) in [5, 5.41) is 3.07. The molecule has 2 heterocycles. The first-order valence-corrected chi connectivity index (χ1v) is 8.33. The number of anilines is 1. The summed E-state index contributed by atoms with van der Waals surface area (Å²) in [6.07, 6.45) is 5.49. The molecule has 120 valence electrons. The summed E-state index contributed by atoms with van der Waals surface area (Å²) in [5.74, 6) is -0.244. The standard InChI is InChI=1S/C18H20ClN3O/c19-17-16(5-4-10-20-17)18(23)21-15-8-6-14(7-9-15)13-22-11-2-1-3-12-22/h4-10H,1-3,11-13H2,(H,21,23). The van der Waals surface area contributed by atoms with Crippen LogP contribution in [0.3, 0.4) is 0 Å². The summed E-state index contributed by atoms with van der Waals surface area (Å²) in [4.78, 5) is 18.6. The molecule has 5 heteroatoms. The number of carbonyl (C=O) groups excluding carboxylic acids is 1. The number of nitrogens with zero attached hydrogens (tertiary/aromatic N) is 2. The van der Waals surface area contributed by atoms with Crippen LogP contribution < -0.4 is 5.32 Å². The van der Waals surface area contributed by atoms with Gasteiger partial charge in [0.05, 0.1) is 5.56 Å². The summed E-state index contributed by atoms with van der Waals surface area (Å²) in [6, 6.07) is 11.4. The van der Waals surface area contributed by atoms with Gasteiger partial charge in [-0.25, -0.2) is 4.98 Å². The number of nitrogens with one attached hydrogen (secondary N) is 1. The van der Waals surface area contributed by atoms with Gasteiger partial charge >= 0.3 is 0 Å². The molecule has 1 aliphatic rings. The highest BCUT2D eigenvalue weighted by Crippen LogP contribution is 2.17. The number of hydrogen-bond acceptors (Lipinski definition) is 3. The second-order valence-electron chi connectivity index (χ2n) is 5.83. The normalized spacial score (nSPS) is 15.3. The summed E-state index contributed by atoms with van der Waals surface area (Å²) in [7, 11) is 0. The van der Waals surface area contributed by atoms with Gasteiger partial charge in [0.25, 0.3) is 5.91 Å². The predicted octanol–water partition coefficient (Wildman–Crippen LogP) is 3.97. The summed E-state index contributed by atoms with van der Waals surface area (Å²) in [6.45, 7) is 3.33. The number of halogens is 1. The Kier molecular flexibility index (Phi) is 5.26. The molecular formula is C18H20ClN3O. The summed E-state index contributed by atoms with van der Waals surface area (Å²) >= 11 is 5.94. The second-order valence-corrected chi connectivity index (χ2v) is 6.19. The molecule has 1 N–H and O–H groups in total. The fraction of sp³-hybridized carbons (Fsp3) is 0.333. The lowest BCUT2D eigenvalue weighted by atomic mass is 10.1. The lowest BCUT2D eigenvalue weighted by Gasteiger charge is -2.26. The maximum absolute atomic E-state index is 12.2.